The van der Waals surface area contributed by atoms with Gasteiger partial charge < -0.3 is 9.42 Å². The first kappa shape index (κ1) is 18.0. The fourth-order valence-electron chi connectivity index (χ4n) is 2.87. The van der Waals surface area contributed by atoms with Crippen molar-refractivity contribution in [3.63, 3.8) is 0 Å². The zero-order valence-electron chi connectivity index (χ0n) is 14.8. The summed E-state index contributed by atoms with van der Waals surface area (Å²) < 4.78 is 18.6. The quantitative estimate of drug-likeness (QED) is 0.829. The summed E-state index contributed by atoms with van der Waals surface area (Å²) in [5, 5.41) is 13.0. The minimum Gasteiger partial charge on any atom is -0.339 e. The number of likely N-dealkylation sites (N-methyl/N-ethyl adjacent to an activating group) is 1. The molecule has 1 aliphatic rings. The first-order valence-electron chi connectivity index (χ1n) is 8.44. The second-order valence-electron chi connectivity index (χ2n) is 6.44. The van der Waals surface area contributed by atoms with Gasteiger partial charge in [-0.3, -0.25) is 9.69 Å². The van der Waals surface area contributed by atoms with Crippen LogP contribution in [0.2, 0.25) is 0 Å². The number of hydrogen-bond donors (Lipinski definition) is 0. The molecule has 136 valence electrons. The number of benzene rings is 1. The van der Waals surface area contributed by atoms with Gasteiger partial charge in [0.15, 0.2) is 0 Å². The highest BCUT2D eigenvalue weighted by atomic mass is 19.1. The summed E-state index contributed by atoms with van der Waals surface area (Å²) in [5.41, 5.74) is 1.17. The molecule has 1 fully saturated rings. The van der Waals surface area contributed by atoms with Crippen LogP contribution >= 0.6 is 0 Å². The maximum absolute atomic E-state index is 13.4. The van der Waals surface area contributed by atoms with E-state index in [0.29, 0.717) is 48.9 Å². The molecule has 0 saturated carbocycles. The highest BCUT2D eigenvalue weighted by molar-refractivity contribution is 5.76. The van der Waals surface area contributed by atoms with E-state index in [1.807, 2.05) is 11.9 Å². The maximum atomic E-state index is 13.4. The van der Waals surface area contributed by atoms with Crippen LogP contribution in [0.5, 0.6) is 0 Å². The van der Waals surface area contributed by atoms with Gasteiger partial charge in [0.25, 0.3) is 0 Å². The molecular weight excluding hydrogens is 337 g/mol. The molecule has 1 unspecified atom stereocenters. The van der Waals surface area contributed by atoms with Crippen LogP contribution in [0.25, 0.3) is 11.4 Å². The van der Waals surface area contributed by atoms with Crippen LogP contribution in [-0.4, -0.2) is 58.6 Å². The minimum atomic E-state index is -0.286. The van der Waals surface area contributed by atoms with Gasteiger partial charge in [-0.25, -0.2) is 4.39 Å². The average molecular weight is 357 g/mol. The first-order valence-corrected chi connectivity index (χ1v) is 8.44. The second-order valence-corrected chi connectivity index (χ2v) is 6.44. The third-order valence-electron chi connectivity index (χ3n) is 4.59. The largest absolute Gasteiger partial charge is 0.339 e. The lowest BCUT2D eigenvalue weighted by Crippen LogP contribution is -2.52. The van der Waals surface area contributed by atoms with Gasteiger partial charge in [0, 0.05) is 38.0 Å². The maximum Gasteiger partial charge on any atom is 0.227 e. The van der Waals surface area contributed by atoms with Gasteiger partial charge in [0.1, 0.15) is 11.9 Å². The van der Waals surface area contributed by atoms with Crippen LogP contribution in [0.3, 0.4) is 0 Å². The Kier molecular flexibility index (Phi) is 5.28. The van der Waals surface area contributed by atoms with Crippen LogP contribution in [0.4, 0.5) is 4.39 Å². The molecule has 8 heteroatoms. The van der Waals surface area contributed by atoms with Crippen LogP contribution in [0, 0.1) is 24.1 Å². The lowest BCUT2D eigenvalue weighted by Gasteiger charge is -2.36. The Hall–Kier alpha value is -2.79. The average Bonchev–Trinajstić information content (AvgIpc) is 3.11. The Labute approximate surface area is 151 Å². The van der Waals surface area contributed by atoms with Crippen LogP contribution in [0.1, 0.15) is 17.9 Å². The molecule has 26 heavy (non-hydrogen) atoms. The molecule has 2 aromatic rings. The highest BCUT2D eigenvalue weighted by Crippen LogP contribution is 2.19. The molecular formula is C18H20FN5O2. The molecule has 0 N–H and O–H groups in total. The summed E-state index contributed by atoms with van der Waals surface area (Å²) in [5.74, 6) is 0.419. The predicted molar refractivity (Wildman–Crippen MR) is 91.4 cm³/mol. The van der Waals surface area contributed by atoms with E-state index in [9.17, 15) is 9.18 Å². The summed E-state index contributed by atoms with van der Waals surface area (Å²) in [7, 11) is 1.88. The van der Waals surface area contributed by atoms with Crippen molar-refractivity contribution < 1.29 is 13.7 Å². The number of piperazine rings is 1. The van der Waals surface area contributed by atoms with Crippen LogP contribution in [0.15, 0.2) is 22.7 Å². The van der Waals surface area contributed by atoms with Crippen LogP contribution < -0.4 is 0 Å². The normalized spacial score (nSPS) is 17.9. The predicted octanol–water partition coefficient (Wildman–Crippen LogP) is 1.78. The summed E-state index contributed by atoms with van der Waals surface area (Å²) in [6, 6.07) is 6.54. The minimum absolute atomic E-state index is 0.0317. The number of nitrogens with zero attached hydrogens (tertiary/aromatic N) is 5. The zero-order chi connectivity index (χ0) is 18.7. The molecule has 1 aromatic carbocycles. The molecule has 0 radical (unpaired) electrons. The van der Waals surface area contributed by atoms with Gasteiger partial charge in [-0.05, 0) is 37.7 Å². The fraction of sp³-hybridized carbons (Fsp3) is 0.444. The zero-order valence-corrected chi connectivity index (χ0v) is 14.8. The molecule has 7 nitrogen and oxygen atoms in total. The van der Waals surface area contributed by atoms with Gasteiger partial charge in [-0.1, -0.05) is 5.16 Å². The number of rotatable bonds is 4. The summed E-state index contributed by atoms with van der Waals surface area (Å²) >= 11 is 0. The molecule has 1 aromatic heterocycles. The van der Waals surface area contributed by atoms with Crippen molar-refractivity contribution in [2.45, 2.75) is 25.8 Å². The van der Waals surface area contributed by atoms with E-state index < -0.39 is 0 Å². The topological polar surface area (TPSA) is 86.3 Å². The molecule has 1 atom stereocenters. The van der Waals surface area contributed by atoms with Gasteiger partial charge >= 0.3 is 0 Å². The van der Waals surface area contributed by atoms with Crippen molar-refractivity contribution in [1.82, 2.24) is 19.9 Å². The lowest BCUT2D eigenvalue weighted by atomic mass is 10.1. The van der Waals surface area contributed by atoms with E-state index in [4.69, 9.17) is 9.78 Å². The molecule has 1 aliphatic heterocycles. The Morgan fingerprint density at radius 1 is 1.46 bits per heavy atom. The number of amides is 1. The van der Waals surface area contributed by atoms with Crippen LogP contribution in [-0.2, 0) is 11.2 Å². The van der Waals surface area contributed by atoms with Crippen molar-refractivity contribution in [2.24, 2.45) is 0 Å². The number of carbonyl (C=O) groups excluding carboxylic acids is 1. The highest BCUT2D eigenvalue weighted by Gasteiger charge is 2.27. The third kappa shape index (κ3) is 3.89. The molecule has 3 rings (SSSR count). The van der Waals surface area contributed by atoms with Gasteiger partial charge in [-0.2, -0.15) is 10.2 Å². The molecule has 0 spiro atoms. The van der Waals surface area contributed by atoms with E-state index >= 15 is 0 Å². The Balaban J connectivity index is 1.59. The van der Waals surface area contributed by atoms with Crippen molar-refractivity contribution in [3.8, 4) is 17.5 Å². The number of aromatic nitrogens is 2. The van der Waals surface area contributed by atoms with Crippen molar-refractivity contribution in [3.05, 3.63) is 35.5 Å². The lowest BCUT2D eigenvalue weighted by molar-refractivity contribution is -0.133. The SMILES string of the molecule is Cc1cc(-c2noc(CCC(=O)N3CCN(C)C(C#N)C3)n2)ccc1F. The molecule has 1 amide bonds. The standard InChI is InChI=1S/C18H20FN5O2/c1-12-9-13(3-4-15(12)19)18-21-16(26-22-18)5-6-17(25)24-8-7-23(2)14(10-20)11-24/h3-4,9,14H,5-8,11H2,1-2H3. The number of hydrogen-bond acceptors (Lipinski definition) is 6. The van der Waals surface area contributed by atoms with Crippen molar-refractivity contribution in [2.75, 3.05) is 26.7 Å². The van der Waals surface area contributed by atoms with Gasteiger partial charge in [0.2, 0.25) is 17.6 Å². The summed E-state index contributed by atoms with van der Waals surface area (Å²) in [4.78, 5) is 20.3. The molecule has 2 heterocycles. The van der Waals surface area contributed by atoms with Crippen molar-refractivity contribution >= 4 is 5.91 Å². The van der Waals surface area contributed by atoms with E-state index in [1.54, 1.807) is 24.0 Å². The summed E-state index contributed by atoms with van der Waals surface area (Å²) in [6.45, 7) is 3.37. The Morgan fingerprint density at radius 2 is 2.27 bits per heavy atom. The van der Waals surface area contributed by atoms with Gasteiger partial charge in [-0.15, -0.1) is 0 Å². The van der Waals surface area contributed by atoms with E-state index in [1.165, 1.54) is 6.07 Å². The monoisotopic (exact) mass is 357 g/mol. The van der Waals surface area contributed by atoms with E-state index in [-0.39, 0.29) is 24.2 Å². The number of nitriles is 1. The Bertz CT molecular complexity index is 844. The number of carbonyl (C=O) groups is 1. The number of aryl methyl sites for hydroxylation is 2. The van der Waals surface area contributed by atoms with Gasteiger partial charge in [0.05, 0.1) is 6.07 Å². The summed E-state index contributed by atoms with van der Waals surface area (Å²) in [6.07, 6.45) is 0.571. The van der Waals surface area contributed by atoms with E-state index in [2.05, 4.69) is 16.2 Å². The van der Waals surface area contributed by atoms with E-state index in [0.717, 1.165) is 0 Å². The van der Waals surface area contributed by atoms with Crippen molar-refractivity contribution in [1.29, 1.82) is 5.26 Å². The second kappa shape index (κ2) is 7.62. The fourth-order valence-corrected chi connectivity index (χ4v) is 2.87. The number of halogens is 1. The first-order chi connectivity index (χ1) is 12.5. The molecule has 0 bridgehead atoms. The third-order valence-corrected chi connectivity index (χ3v) is 4.59. The Morgan fingerprint density at radius 3 is 3.00 bits per heavy atom. The smallest absolute Gasteiger partial charge is 0.227 e. The molecule has 1 saturated heterocycles. The molecule has 0 aliphatic carbocycles.